The third-order valence-corrected chi connectivity index (χ3v) is 5.34. The van der Waals surface area contributed by atoms with E-state index in [-0.39, 0.29) is 11.8 Å². The first-order valence-corrected chi connectivity index (χ1v) is 8.91. The summed E-state index contributed by atoms with van der Waals surface area (Å²) in [6.07, 6.45) is 1.72. The van der Waals surface area contributed by atoms with Gasteiger partial charge in [0.25, 0.3) is 11.8 Å². The van der Waals surface area contributed by atoms with Crippen molar-refractivity contribution in [1.29, 1.82) is 0 Å². The topological polar surface area (TPSA) is 49.4 Å². The fourth-order valence-electron chi connectivity index (χ4n) is 1.84. The Morgan fingerprint density at radius 2 is 2.00 bits per heavy atom. The number of hydrogen-bond acceptors (Lipinski definition) is 5. The highest BCUT2D eigenvalue weighted by atomic mass is 35.5. The van der Waals surface area contributed by atoms with Crippen LogP contribution in [0.1, 0.15) is 15.2 Å². The molecule has 0 bridgehead atoms. The normalized spacial score (nSPS) is 16.2. The standard InChI is InChI=1S/C15H9ClN2O2S3/c16-10-5-3-9(4-6-10)8-12-14(20)18(15(21)23-12)17-13(19)11-2-1-7-22-11/h1-8H,(H,17,19)/b12-8+. The SMILES string of the molecule is O=C(NN1C(=O)/C(=C\c2ccc(Cl)cc2)SC1=S)c1cccs1. The highest BCUT2D eigenvalue weighted by Crippen LogP contribution is 2.31. The summed E-state index contributed by atoms with van der Waals surface area (Å²) in [5.74, 6) is -0.705. The molecule has 2 amide bonds. The van der Waals surface area contributed by atoms with E-state index >= 15 is 0 Å². The molecule has 4 nitrogen and oxygen atoms in total. The van der Waals surface area contributed by atoms with E-state index < -0.39 is 0 Å². The number of thiophene rings is 1. The van der Waals surface area contributed by atoms with Crippen LogP contribution in [0.2, 0.25) is 5.02 Å². The number of thioether (sulfide) groups is 1. The van der Waals surface area contributed by atoms with Gasteiger partial charge in [-0.3, -0.25) is 15.0 Å². The molecule has 3 rings (SSSR count). The molecular weight excluding hydrogens is 372 g/mol. The van der Waals surface area contributed by atoms with Gasteiger partial charge >= 0.3 is 0 Å². The van der Waals surface area contributed by atoms with E-state index in [9.17, 15) is 9.59 Å². The second kappa shape index (κ2) is 6.84. The van der Waals surface area contributed by atoms with Gasteiger partial charge in [0.15, 0.2) is 4.32 Å². The van der Waals surface area contributed by atoms with Crippen LogP contribution in [0.5, 0.6) is 0 Å². The second-order valence-corrected chi connectivity index (χ2v) is 7.55. The Labute approximate surface area is 151 Å². The lowest BCUT2D eigenvalue weighted by atomic mass is 10.2. The number of benzene rings is 1. The molecule has 0 atom stereocenters. The largest absolute Gasteiger partial charge is 0.285 e. The molecule has 8 heteroatoms. The summed E-state index contributed by atoms with van der Waals surface area (Å²) in [6.45, 7) is 0. The molecule has 116 valence electrons. The van der Waals surface area contributed by atoms with Gasteiger partial charge in [0.2, 0.25) is 0 Å². The smallest absolute Gasteiger partial charge is 0.266 e. The van der Waals surface area contributed by atoms with Crippen LogP contribution in [0.3, 0.4) is 0 Å². The molecule has 0 radical (unpaired) electrons. The van der Waals surface area contributed by atoms with E-state index in [1.54, 1.807) is 47.9 Å². The summed E-state index contributed by atoms with van der Waals surface area (Å²) >= 11 is 13.5. The third kappa shape index (κ3) is 3.64. The average molecular weight is 381 g/mol. The van der Waals surface area contributed by atoms with Crippen LogP contribution < -0.4 is 5.43 Å². The number of amides is 2. The van der Waals surface area contributed by atoms with Crippen molar-refractivity contribution < 1.29 is 9.59 Å². The molecule has 0 unspecified atom stereocenters. The van der Waals surface area contributed by atoms with Crippen molar-refractivity contribution in [2.24, 2.45) is 0 Å². The Kier molecular flexibility index (Phi) is 4.82. The molecule has 1 aromatic heterocycles. The molecular formula is C15H9ClN2O2S3. The molecule has 1 aromatic carbocycles. The maximum Gasteiger partial charge on any atom is 0.285 e. The van der Waals surface area contributed by atoms with E-state index in [4.69, 9.17) is 23.8 Å². The molecule has 2 aromatic rings. The molecule has 0 aliphatic carbocycles. The first kappa shape index (κ1) is 16.2. The van der Waals surface area contributed by atoms with Crippen LogP contribution in [-0.4, -0.2) is 21.1 Å². The molecule has 2 heterocycles. The number of hydrazine groups is 1. The lowest BCUT2D eigenvalue weighted by molar-refractivity contribution is -0.123. The number of thiocarbonyl (C=S) groups is 1. The van der Waals surface area contributed by atoms with Gasteiger partial charge in [-0.1, -0.05) is 41.6 Å². The summed E-state index contributed by atoms with van der Waals surface area (Å²) in [5, 5.41) is 3.52. The fourth-order valence-corrected chi connectivity index (χ4v) is 3.76. The zero-order valence-corrected chi connectivity index (χ0v) is 14.7. The van der Waals surface area contributed by atoms with Crippen LogP contribution in [0, 0.1) is 0 Å². The van der Waals surface area contributed by atoms with E-state index in [1.165, 1.54) is 11.3 Å². The molecule has 1 aliphatic rings. The molecule has 23 heavy (non-hydrogen) atoms. The first-order chi connectivity index (χ1) is 11.0. The van der Waals surface area contributed by atoms with Crippen molar-refractivity contribution >= 4 is 69.1 Å². The van der Waals surface area contributed by atoms with Gasteiger partial charge in [-0.15, -0.1) is 11.3 Å². The van der Waals surface area contributed by atoms with Crippen LogP contribution in [-0.2, 0) is 4.79 Å². The average Bonchev–Trinajstić information content (AvgIpc) is 3.14. The van der Waals surface area contributed by atoms with Gasteiger partial charge in [-0.2, -0.15) is 5.01 Å². The van der Waals surface area contributed by atoms with Crippen molar-refractivity contribution in [2.75, 3.05) is 0 Å². The summed E-state index contributed by atoms with van der Waals surface area (Å²) in [4.78, 5) is 25.4. The van der Waals surface area contributed by atoms with Gasteiger partial charge in [0.05, 0.1) is 9.78 Å². The number of nitrogens with one attached hydrogen (secondary N) is 1. The maximum atomic E-state index is 12.4. The summed E-state index contributed by atoms with van der Waals surface area (Å²) in [6, 6.07) is 10.5. The van der Waals surface area contributed by atoms with Crippen LogP contribution >= 0.6 is 46.9 Å². The van der Waals surface area contributed by atoms with Gasteiger partial charge in [0.1, 0.15) is 0 Å². The quantitative estimate of drug-likeness (QED) is 0.647. The Hall–Kier alpha value is -1.67. The monoisotopic (exact) mass is 380 g/mol. The number of hydrogen-bond donors (Lipinski definition) is 1. The number of halogens is 1. The Balaban J connectivity index is 1.77. The Morgan fingerprint density at radius 3 is 2.65 bits per heavy atom. The number of carbonyl (C=O) groups is 2. The summed E-state index contributed by atoms with van der Waals surface area (Å²) in [7, 11) is 0. The Bertz CT molecular complexity index is 801. The van der Waals surface area contributed by atoms with Gasteiger partial charge in [-0.25, -0.2) is 0 Å². The summed E-state index contributed by atoms with van der Waals surface area (Å²) < 4.78 is 0.292. The molecule has 1 aliphatic heterocycles. The predicted octanol–water partition coefficient (Wildman–Crippen LogP) is 3.95. The second-order valence-electron chi connectivity index (χ2n) is 4.49. The van der Waals surface area contributed by atoms with Crippen molar-refractivity contribution in [2.45, 2.75) is 0 Å². The predicted molar refractivity (Wildman–Crippen MR) is 98.2 cm³/mol. The Morgan fingerprint density at radius 1 is 1.26 bits per heavy atom. The van der Waals surface area contributed by atoms with Gasteiger partial charge in [-0.05, 0) is 47.4 Å². The summed E-state index contributed by atoms with van der Waals surface area (Å²) in [5.41, 5.74) is 3.37. The minimum atomic E-state index is -0.357. The first-order valence-electron chi connectivity index (χ1n) is 6.42. The lowest BCUT2D eigenvalue weighted by Gasteiger charge is -2.14. The molecule has 0 spiro atoms. The van der Waals surface area contributed by atoms with Crippen molar-refractivity contribution in [3.63, 3.8) is 0 Å². The highest BCUT2D eigenvalue weighted by Gasteiger charge is 2.33. The van der Waals surface area contributed by atoms with Gasteiger partial charge < -0.3 is 0 Å². The van der Waals surface area contributed by atoms with E-state index in [1.807, 2.05) is 0 Å². The number of rotatable bonds is 3. The van der Waals surface area contributed by atoms with E-state index in [0.717, 1.165) is 22.3 Å². The molecule has 1 saturated heterocycles. The van der Waals surface area contributed by atoms with Crippen molar-refractivity contribution in [3.8, 4) is 0 Å². The van der Waals surface area contributed by atoms with Gasteiger partial charge in [0, 0.05) is 5.02 Å². The van der Waals surface area contributed by atoms with E-state index in [2.05, 4.69) is 5.43 Å². The zero-order valence-electron chi connectivity index (χ0n) is 11.5. The third-order valence-electron chi connectivity index (χ3n) is 2.92. The van der Waals surface area contributed by atoms with Crippen molar-refractivity contribution in [3.05, 3.63) is 62.1 Å². The number of carbonyl (C=O) groups excluding carboxylic acids is 2. The molecule has 1 N–H and O–H groups in total. The molecule has 0 saturated carbocycles. The minimum absolute atomic E-state index is 0.292. The van der Waals surface area contributed by atoms with Crippen LogP contribution in [0.25, 0.3) is 6.08 Å². The zero-order chi connectivity index (χ0) is 16.4. The van der Waals surface area contributed by atoms with Crippen LogP contribution in [0.15, 0.2) is 46.7 Å². The molecule has 1 fully saturated rings. The van der Waals surface area contributed by atoms with E-state index in [0.29, 0.717) is 19.1 Å². The van der Waals surface area contributed by atoms with Crippen molar-refractivity contribution in [1.82, 2.24) is 10.4 Å². The maximum absolute atomic E-state index is 12.4. The highest BCUT2D eigenvalue weighted by molar-refractivity contribution is 8.26. The van der Waals surface area contributed by atoms with Crippen LogP contribution in [0.4, 0.5) is 0 Å². The number of nitrogens with zero attached hydrogens (tertiary/aromatic N) is 1. The fraction of sp³-hybridized carbons (Fsp3) is 0. The minimum Gasteiger partial charge on any atom is -0.266 e. The lowest BCUT2D eigenvalue weighted by Crippen LogP contribution is -2.44.